The van der Waals surface area contributed by atoms with Gasteiger partial charge in [-0.15, -0.1) is 0 Å². The number of pyridine rings is 1. The average molecular weight is 285 g/mol. The SMILES string of the molecule is CC1NCCO[C@H]1c1cc(C(C)(C)C#N)c2[nH]ncc2n1. The van der Waals surface area contributed by atoms with Gasteiger partial charge in [0.05, 0.1) is 35.5 Å². The Hall–Kier alpha value is -1.97. The molecule has 1 fully saturated rings. The zero-order valence-corrected chi connectivity index (χ0v) is 12.5. The van der Waals surface area contributed by atoms with Crippen molar-refractivity contribution >= 4 is 11.0 Å². The van der Waals surface area contributed by atoms with Crippen molar-refractivity contribution in [3.63, 3.8) is 0 Å². The molecule has 2 atom stereocenters. The molecule has 0 radical (unpaired) electrons. The third-order valence-electron chi connectivity index (χ3n) is 3.99. The predicted molar refractivity (Wildman–Crippen MR) is 78.7 cm³/mol. The summed E-state index contributed by atoms with van der Waals surface area (Å²) in [5.41, 5.74) is 2.73. The Morgan fingerprint density at radius 1 is 1.48 bits per heavy atom. The molecule has 0 aliphatic carbocycles. The standard InChI is InChI=1S/C15H19N5O/c1-9-14(21-5-4-17-9)11-6-10(15(2,3)8-16)13-12(19-11)7-18-20-13/h6-7,9,14,17H,4-5H2,1-3H3,(H,18,20)/t9?,14-/m1/s1. The van der Waals surface area contributed by atoms with Crippen molar-refractivity contribution in [2.24, 2.45) is 0 Å². The second-order valence-electron chi connectivity index (χ2n) is 6.00. The van der Waals surface area contributed by atoms with Gasteiger partial charge >= 0.3 is 0 Å². The van der Waals surface area contributed by atoms with E-state index in [0.717, 1.165) is 28.8 Å². The molecule has 2 aromatic heterocycles. The van der Waals surface area contributed by atoms with Crippen LogP contribution in [0.1, 0.15) is 38.1 Å². The number of nitrogens with zero attached hydrogens (tertiary/aromatic N) is 3. The highest BCUT2D eigenvalue weighted by Gasteiger charge is 2.29. The van der Waals surface area contributed by atoms with Crippen LogP contribution < -0.4 is 5.32 Å². The average Bonchev–Trinajstić information content (AvgIpc) is 2.94. The van der Waals surface area contributed by atoms with Crippen LogP contribution in [0.15, 0.2) is 12.3 Å². The Morgan fingerprint density at radius 2 is 2.29 bits per heavy atom. The molecule has 1 aliphatic rings. The van der Waals surface area contributed by atoms with Gasteiger partial charge in [-0.1, -0.05) is 0 Å². The summed E-state index contributed by atoms with van der Waals surface area (Å²) in [6, 6.07) is 4.51. The predicted octanol–water partition coefficient (Wildman–Crippen LogP) is 1.81. The molecule has 2 aromatic rings. The topological polar surface area (TPSA) is 86.6 Å². The smallest absolute Gasteiger partial charge is 0.114 e. The number of nitriles is 1. The second-order valence-corrected chi connectivity index (χ2v) is 6.00. The number of aromatic amines is 1. The van der Waals surface area contributed by atoms with Gasteiger partial charge in [0.25, 0.3) is 0 Å². The largest absolute Gasteiger partial charge is 0.369 e. The summed E-state index contributed by atoms with van der Waals surface area (Å²) >= 11 is 0. The van der Waals surface area contributed by atoms with Gasteiger partial charge in [0.2, 0.25) is 0 Å². The minimum absolute atomic E-state index is 0.105. The molecule has 0 aromatic carbocycles. The van der Waals surface area contributed by atoms with E-state index < -0.39 is 5.41 Å². The molecular formula is C15H19N5O. The number of rotatable bonds is 2. The molecule has 110 valence electrons. The normalized spacial score (nSPS) is 23.1. The van der Waals surface area contributed by atoms with Gasteiger partial charge in [-0.2, -0.15) is 10.4 Å². The number of H-pyrrole nitrogens is 1. The Morgan fingerprint density at radius 3 is 3.00 bits per heavy atom. The molecule has 0 spiro atoms. The van der Waals surface area contributed by atoms with Crippen LogP contribution in [0, 0.1) is 11.3 Å². The number of aromatic nitrogens is 3. The number of hydrogen-bond donors (Lipinski definition) is 2. The van der Waals surface area contributed by atoms with Crippen LogP contribution in [0.5, 0.6) is 0 Å². The van der Waals surface area contributed by atoms with Crippen LogP contribution in [0.4, 0.5) is 0 Å². The maximum atomic E-state index is 9.45. The summed E-state index contributed by atoms with van der Waals surface area (Å²) in [6.07, 6.45) is 1.59. The van der Waals surface area contributed by atoms with Crippen LogP contribution in [-0.2, 0) is 10.2 Å². The maximum absolute atomic E-state index is 9.45. The third kappa shape index (κ3) is 2.39. The van der Waals surface area contributed by atoms with E-state index in [2.05, 4.69) is 33.5 Å². The van der Waals surface area contributed by atoms with Crippen molar-refractivity contribution < 1.29 is 4.74 Å². The summed E-state index contributed by atoms with van der Waals surface area (Å²) < 4.78 is 5.86. The van der Waals surface area contributed by atoms with Crippen LogP contribution in [-0.4, -0.2) is 34.4 Å². The first-order chi connectivity index (χ1) is 10.0. The quantitative estimate of drug-likeness (QED) is 0.878. The van der Waals surface area contributed by atoms with E-state index in [1.54, 1.807) is 6.20 Å². The zero-order valence-electron chi connectivity index (χ0n) is 12.5. The van der Waals surface area contributed by atoms with Gasteiger partial charge in [0, 0.05) is 18.2 Å². The van der Waals surface area contributed by atoms with Gasteiger partial charge in [-0.3, -0.25) is 5.10 Å². The van der Waals surface area contributed by atoms with E-state index in [1.807, 2.05) is 19.9 Å². The number of ether oxygens (including phenoxy) is 1. The lowest BCUT2D eigenvalue weighted by Crippen LogP contribution is -2.41. The minimum atomic E-state index is -0.617. The summed E-state index contributed by atoms with van der Waals surface area (Å²) in [5, 5.41) is 19.9. The number of fused-ring (bicyclic) bond motifs is 1. The Labute approximate surface area is 123 Å². The van der Waals surface area contributed by atoms with Crippen LogP contribution in [0.25, 0.3) is 11.0 Å². The zero-order chi connectivity index (χ0) is 15.0. The molecule has 21 heavy (non-hydrogen) atoms. The lowest BCUT2D eigenvalue weighted by molar-refractivity contribution is -0.00268. The Bertz CT molecular complexity index is 700. The van der Waals surface area contributed by atoms with Crippen molar-refractivity contribution in [2.75, 3.05) is 13.2 Å². The van der Waals surface area contributed by atoms with Gasteiger partial charge in [-0.25, -0.2) is 4.98 Å². The molecule has 6 heteroatoms. The molecule has 3 heterocycles. The molecule has 1 aliphatic heterocycles. The van der Waals surface area contributed by atoms with Crippen molar-refractivity contribution in [1.82, 2.24) is 20.5 Å². The Kier molecular flexibility index (Phi) is 3.40. The fourth-order valence-electron chi connectivity index (χ4n) is 2.72. The van der Waals surface area contributed by atoms with E-state index in [9.17, 15) is 5.26 Å². The molecule has 1 saturated heterocycles. The lowest BCUT2D eigenvalue weighted by Gasteiger charge is -2.30. The lowest BCUT2D eigenvalue weighted by atomic mass is 9.85. The van der Waals surface area contributed by atoms with Crippen LogP contribution in [0.2, 0.25) is 0 Å². The molecule has 0 bridgehead atoms. The molecule has 3 rings (SSSR count). The van der Waals surface area contributed by atoms with E-state index in [4.69, 9.17) is 4.74 Å². The highest BCUT2D eigenvalue weighted by atomic mass is 16.5. The van der Waals surface area contributed by atoms with Gasteiger partial charge in [-0.05, 0) is 26.8 Å². The number of morpholine rings is 1. The van der Waals surface area contributed by atoms with Crippen molar-refractivity contribution in [2.45, 2.75) is 38.3 Å². The maximum Gasteiger partial charge on any atom is 0.114 e. The van der Waals surface area contributed by atoms with Crippen molar-refractivity contribution in [3.05, 3.63) is 23.5 Å². The molecule has 6 nitrogen and oxygen atoms in total. The molecule has 0 amide bonds. The minimum Gasteiger partial charge on any atom is -0.369 e. The number of nitrogens with one attached hydrogen (secondary N) is 2. The molecular weight excluding hydrogens is 266 g/mol. The first-order valence-corrected chi connectivity index (χ1v) is 7.13. The van der Waals surface area contributed by atoms with Crippen LogP contribution in [0.3, 0.4) is 0 Å². The van der Waals surface area contributed by atoms with E-state index in [0.29, 0.717) is 6.61 Å². The fourth-order valence-corrected chi connectivity index (χ4v) is 2.72. The van der Waals surface area contributed by atoms with Crippen LogP contribution >= 0.6 is 0 Å². The monoisotopic (exact) mass is 285 g/mol. The molecule has 1 unspecified atom stereocenters. The highest BCUT2D eigenvalue weighted by molar-refractivity contribution is 5.79. The first-order valence-electron chi connectivity index (χ1n) is 7.13. The van der Waals surface area contributed by atoms with Gasteiger partial charge in [0.1, 0.15) is 11.6 Å². The third-order valence-corrected chi connectivity index (χ3v) is 3.99. The summed E-state index contributed by atoms with van der Waals surface area (Å²) in [4.78, 5) is 4.65. The fraction of sp³-hybridized carbons (Fsp3) is 0.533. The van der Waals surface area contributed by atoms with E-state index >= 15 is 0 Å². The summed E-state index contributed by atoms with van der Waals surface area (Å²) in [7, 11) is 0. The number of hydrogen-bond acceptors (Lipinski definition) is 5. The van der Waals surface area contributed by atoms with Crippen molar-refractivity contribution in [1.29, 1.82) is 5.26 Å². The van der Waals surface area contributed by atoms with E-state index in [-0.39, 0.29) is 12.1 Å². The first kappa shape index (κ1) is 14.0. The summed E-state index contributed by atoms with van der Waals surface area (Å²) in [6.45, 7) is 7.39. The summed E-state index contributed by atoms with van der Waals surface area (Å²) in [5.74, 6) is 0. The highest BCUT2D eigenvalue weighted by Crippen LogP contribution is 2.32. The molecule has 2 N–H and O–H groups in total. The van der Waals surface area contributed by atoms with Gasteiger partial charge in [0.15, 0.2) is 0 Å². The van der Waals surface area contributed by atoms with Crippen molar-refractivity contribution in [3.8, 4) is 6.07 Å². The Balaban J connectivity index is 2.15. The molecule has 0 saturated carbocycles. The van der Waals surface area contributed by atoms with E-state index in [1.165, 1.54) is 0 Å². The second kappa shape index (κ2) is 5.10. The van der Waals surface area contributed by atoms with Gasteiger partial charge < -0.3 is 10.1 Å².